The third kappa shape index (κ3) is 15.7. The number of nitriles is 2. The van der Waals surface area contributed by atoms with Gasteiger partial charge in [-0.25, -0.2) is 0 Å². The van der Waals surface area contributed by atoms with E-state index in [1.807, 2.05) is 93.0 Å². The van der Waals surface area contributed by atoms with Gasteiger partial charge < -0.3 is 29.4 Å². The minimum Gasteiger partial charge on any atom is -0.345 e. The predicted octanol–water partition coefficient (Wildman–Crippen LogP) is 26.2. The van der Waals surface area contributed by atoms with Gasteiger partial charge in [-0.3, -0.25) is 0 Å². The van der Waals surface area contributed by atoms with E-state index < -0.39 is 0 Å². The number of anilines is 15. The molecule has 0 aliphatic rings. The molecule has 16 aromatic rings. The minimum absolute atomic E-state index is 0.652. The lowest BCUT2D eigenvalue weighted by molar-refractivity contribution is 1.20. The molecule has 0 atom stereocenters. The van der Waals surface area contributed by atoms with E-state index >= 15 is 0 Å². The summed E-state index contributed by atoms with van der Waals surface area (Å²) < 4.78 is 0. The highest BCUT2D eigenvalue weighted by molar-refractivity contribution is 6.05. The average Bonchev–Trinajstić information content (AvgIpc) is 0.764. The Balaban J connectivity index is 0.000000133. The second-order valence-electron chi connectivity index (χ2n) is 25.4. The van der Waals surface area contributed by atoms with Crippen molar-refractivity contribution in [1.82, 2.24) is 0 Å². The van der Waals surface area contributed by atoms with Gasteiger partial charge in [-0.15, -0.1) is 0 Å². The highest BCUT2D eigenvalue weighted by Crippen LogP contribution is 2.44. The Morgan fingerprint density at radius 1 is 0.190 bits per heavy atom. The van der Waals surface area contributed by atoms with Crippen LogP contribution in [0.3, 0.4) is 0 Å². The Labute approximate surface area is 616 Å². The first-order valence-corrected chi connectivity index (χ1v) is 35.1. The summed E-state index contributed by atoms with van der Waals surface area (Å²) in [7, 11) is 6.16. The molecule has 0 unspecified atom stereocenters. The second kappa shape index (κ2) is 32.4. The summed E-state index contributed by atoms with van der Waals surface area (Å²) in [5.74, 6) is 0. The molecule has 0 saturated heterocycles. The molecule has 0 heterocycles. The molecule has 105 heavy (non-hydrogen) atoms. The molecule has 8 nitrogen and oxygen atoms in total. The fraction of sp³-hybridized carbons (Fsp3) is 0.0309. The fourth-order valence-corrected chi connectivity index (χ4v) is 13.3. The van der Waals surface area contributed by atoms with E-state index in [1.54, 1.807) is 0 Å². The molecule has 0 spiro atoms. The topological polar surface area (TPSA) is 67.0 Å². The van der Waals surface area contributed by atoms with Crippen LogP contribution in [0.5, 0.6) is 0 Å². The molecule has 0 N–H and O–H groups in total. The van der Waals surface area contributed by atoms with Gasteiger partial charge in [0.1, 0.15) is 0 Å². The zero-order valence-electron chi connectivity index (χ0n) is 58.8. The van der Waals surface area contributed by atoms with Crippen molar-refractivity contribution >= 4 is 107 Å². The molecule has 0 saturated carbocycles. The van der Waals surface area contributed by atoms with Gasteiger partial charge in [0, 0.05) is 106 Å². The maximum absolute atomic E-state index is 9.25. The molecule has 0 bridgehead atoms. The summed E-state index contributed by atoms with van der Waals surface area (Å²) in [5, 5.41) is 23.2. The maximum atomic E-state index is 9.25. The van der Waals surface area contributed by atoms with E-state index in [-0.39, 0.29) is 0 Å². The third-order valence-electron chi connectivity index (χ3n) is 18.8. The van der Waals surface area contributed by atoms with E-state index in [0.717, 1.165) is 68.2 Å². The van der Waals surface area contributed by atoms with Crippen molar-refractivity contribution in [2.75, 3.05) is 50.5 Å². The van der Waals surface area contributed by atoms with Crippen LogP contribution in [0.4, 0.5) is 85.3 Å². The summed E-state index contributed by atoms with van der Waals surface area (Å²) in [6, 6.07) is 145. The van der Waals surface area contributed by atoms with Crippen molar-refractivity contribution in [3.63, 3.8) is 0 Å². The van der Waals surface area contributed by atoms with Gasteiger partial charge in [-0.05, 0) is 221 Å². The van der Waals surface area contributed by atoms with Gasteiger partial charge in [0.2, 0.25) is 0 Å². The molecule has 0 amide bonds. The van der Waals surface area contributed by atoms with Crippen LogP contribution >= 0.6 is 0 Å². The Kier molecular flexibility index (Phi) is 21.0. The van der Waals surface area contributed by atoms with Gasteiger partial charge in [-0.1, -0.05) is 218 Å². The lowest BCUT2D eigenvalue weighted by atomic mass is 10.0. The van der Waals surface area contributed by atoms with Gasteiger partial charge in [-0.2, -0.15) is 10.5 Å². The molecule has 8 heteroatoms. The SMILES string of the molecule is CN(c1ccc(C#N)cc1)c1ccc(N(c2ccccc2)c2cccc(-c3ccccc3)c2)cc1.CN(c1ccc(N(c2ccccc2)c2cccc(-c3ccccc3)c2)cc1)c1cccc(C#N)c1.CN(c1ccccc1)c1ccc(N(c2cccc3ccccc23)c2cccc3ccccc23)cc1. The molecule has 16 rings (SSSR count). The van der Waals surface area contributed by atoms with Crippen LogP contribution in [0.15, 0.2) is 406 Å². The molecule has 0 radical (unpaired) electrons. The van der Waals surface area contributed by atoms with E-state index in [9.17, 15) is 5.26 Å². The van der Waals surface area contributed by atoms with Crippen LogP contribution in [0, 0.1) is 22.7 Å². The summed E-state index contributed by atoms with van der Waals surface area (Å²) in [6.45, 7) is 0. The molecule has 16 aromatic carbocycles. The number of nitrogens with zero attached hydrogens (tertiary/aromatic N) is 8. The Bertz CT molecular complexity index is 5520. The number of hydrogen-bond acceptors (Lipinski definition) is 8. The molecule has 0 aliphatic heterocycles. The van der Waals surface area contributed by atoms with Gasteiger partial charge in [0.25, 0.3) is 0 Å². The Morgan fingerprint density at radius 2 is 0.457 bits per heavy atom. The highest BCUT2D eigenvalue weighted by atomic mass is 15.2. The van der Waals surface area contributed by atoms with Gasteiger partial charge in [0.05, 0.1) is 34.6 Å². The largest absolute Gasteiger partial charge is 0.345 e. The number of benzene rings is 16. The molecule has 0 fully saturated rings. The summed E-state index contributed by atoms with van der Waals surface area (Å²) in [6.07, 6.45) is 0. The van der Waals surface area contributed by atoms with Crippen molar-refractivity contribution in [2.45, 2.75) is 0 Å². The third-order valence-corrected chi connectivity index (χ3v) is 18.8. The van der Waals surface area contributed by atoms with Crippen molar-refractivity contribution in [1.29, 1.82) is 10.5 Å². The van der Waals surface area contributed by atoms with Gasteiger partial charge in [0.15, 0.2) is 0 Å². The Hall–Kier alpha value is -14.2. The van der Waals surface area contributed by atoms with Crippen molar-refractivity contribution in [3.8, 4) is 34.4 Å². The molecule has 0 aromatic heterocycles. The Morgan fingerprint density at radius 3 is 0.867 bits per heavy atom. The van der Waals surface area contributed by atoms with Crippen LogP contribution < -0.4 is 29.4 Å². The van der Waals surface area contributed by atoms with Crippen molar-refractivity contribution in [3.05, 3.63) is 418 Å². The van der Waals surface area contributed by atoms with Crippen LogP contribution in [-0.4, -0.2) is 21.1 Å². The predicted molar refractivity (Wildman–Crippen MR) is 442 cm³/mol. The fourth-order valence-electron chi connectivity index (χ4n) is 13.3. The normalized spacial score (nSPS) is 10.6. The molecular weight excluding hydrogens is 1280 g/mol. The second-order valence-corrected chi connectivity index (χ2v) is 25.4. The van der Waals surface area contributed by atoms with Crippen molar-refractivity contribution < 1.29 is 0 Å². The van der Waals surface area contributed by atoms with Crippen LogP contribution in [0.2, 0.25) is 0 Å². The average molecular weight is 1350 g/mol. The van der Waals surface area contributed by atoms with E-state index in [1.165, 1.54) is 60.9 Å². The molecular formula is C97H76N8. The zero-order chi connectivity index (χ0) is 71.7. The van der Waals surface area contributed by atoms with Crippen LogP contribution in [0.25, 0.3) is 43.8 Å². The minimum atomic E-state index is 0.652. The van der Waals surface area contributed by atoms with Crippen LogP contribution in [-0.2, 0) is 0 Å². The zero-order valence-corrected chi connectivity index (χ0v) is 58.8. The lowest BCUT2D eigenvalue weighted by Crippen LogP contribution is -2.12. The van der Waals surface area contributed by atoms with E-state index in [0.29, 0.717) is 11.1 Å². The number of rotatable bonds is 17. The molecule has 504 valence electrons. The van der Waals surface area contributed by atoms with E-state index in [4.69, 9.17) is 5.26 Å². The first kappa shape index (κ1) is 68.0. The number of fused-ring (bicyclic) bond motifs is 2. The lowest BCUT2D eigenvalue weighted by Gasteiger charge is -2.29. The smallest absolute Gasteiger partial charge is 0.0992 e. The monoisotopic (exact) mass is 1350 g/mol. The first-order valence-electron chi connectivity index (χ1n) is 35.1. The number of para-hydroxylation sites is 3. The number of hydrogen-bond donors (Lipinski definition) is 0. The summed E-state index contributed by atoms with van der Waals surface area (Å²) >= 11 is 0. The van der Waals surface area contributed by atoms with Crippen molar-refractivity contribution in [2.24, 2.45) is 0 Å². The summed E-state index contributed by atoms with van der Waals surface area (Å²) in [4.78, 5) is 13.4. The quantitative estimate of drug-likeness (QED) is 0.0893. The van der Waals surface area contributed by atoms with E-state index in [2.05, 4.69) is 376 Å². The highest BCUT2D eigenvalue weighted by Gasteiger charge is 2.20. The summed E-state index contributed by atoms with van der Waals surface area (Å²) in [5.41, 5.74) is 22.5. The molecule has 0 aliphatic carbocycles. The standard InChI is InChI=1S/C33H26N2.2C32H25N3/c1-34(27-15-3-2-4-16-27)28-21-23-29(24-22-28)35(32-19-9-13-25-11-5-7-17-30(25)32)33-20-10-14-26-12-6-8-18-31(26)33;1-34(31-16-8-10-25(22-31)24-33)28-18-20-30(21-19-28)35(29-14-6-3-7-15-29)32-17-9-13-27(23-32)26-11-4-2-5-12-26;1-34(28-17-15-25(24-33)16-18-28)29-19-21-31(22-20-29)35(30-12-6-3-7-13-30)32-14-8-11-27(23-32)26-9-4-2-5-10-26/h2-24H,1H3;2*2-23H,1H3. The first-order chi connectivity index (χ1) is 51.7. The van der Waals surface area contributed by atoms with Gasteiger partial charge >= 0.3 is 0 Å². The maximum Gasteiger partial charge on any atom is 0.0992 e. The van der Waals surface area contributed by atoms with Crippen LogP contribution in [0.1, 0.15) is 11.1 Å².